The van der Waals surface area contributed by atoms with E-state index < -0.39 is 0 Å². The Morgan fingerprint density at radius 3 is 2.25 bits per heavy atom. The van der Waals surface area contributed by atoms with Crippen LogP contribution in [0.15, 0.2) is 52.5 Å². The van der Waals surface area contributed by atoms with E-state index in [2.05, 4.69) is 0 Å². The van der Waals surface area contributed by atoms with Gasteiger partial charge in [0, 0.05) is 29.6 Å². The molecule has 0 spiro atoms. The summed E-state index contributed by atoms with van der Waals surface area (Å²) in [6, 6.07) is 13.7. The summed E-state index contributed by atoms with van der Waals surface area (Å²) in [7, 11) is 0. The normalized spacial score (nSPS) is 15.1. The van der Waals surface area contributed by atoms with Crippen LogP contribution < -0.4 is 0 Å². The maximum Gasteiger partial charge on any atom is 0.265 e. The number of thiophene rings is 1. The molecular formula is C21H18N2O3S2. The highest BCUT2D eigenvalue weighted by Crippen LogP contribution is 2.35. The molecule has 0 unspecified atom stereocenters. The van der Waals surface area contributed by atoms with E-state index in [1.165, 1.54) is 21.1 Å². The average molecular weight is 411 g/mol. The topological polar surface area (TPSA) is 53.8 Å². The third-order valence-electron chi connectivity index (χ3n) is 4.62. The van der Waals surface area contributed by atoms with Crippen LogP contribution in [0.4, 0.5) is 0 Å². The van der Waals surface area contributed by atoms with Gasteiger partial charge in [0.15, 0.2) is 5.11 Å². The Bertz CT molecular complexity index is 1050. The zero-order valence-corrected chi connectivity index (χ0v) is 17.1. The minimum Gasteiger partial charge on any atom is -0.455 e. The van der Waals surface area contributed by atoms with E-state index in [1.807, 2.05) is 56.3 Å². The van der Waals surface area contributed by atoms with Gasteiger partial charge in [0.1, 0.15) is 16.9 Å². The van der Waals surface area contributed by atoms with E-state index in [9.17, 15) is 9.59 Å². The molecule has 1 fully saturated rings. The van der Waals surface area contributed by atoms with Crippen LogP contribution in [0.1, 0.15) is 18.7 Å². The van der Waals surface area contributed by atoms with Gasteiger partial charge in [-0.1, -0.05) is 30.3 Å². The average Bonchev–Trinajstić information content (AvgIpc) is 3.25. The number of nitrogens with zero attached hydrogens (tertiary/aromatic N) is 2. The molecule has 2 aromatic heterocycles. The highest BCUT2D eigenvalue weighted by Gasteiger charge is 2.37. The predicted molar refractivity (Wildman–Crippen MR) is 115 cm³/mol. The van der Waals surface area contributed by atoms with Crippen molar-refractivity contribution in [3.05, 3.63) is 52.9 Å². The fourth-order valence-electron chi connectivity index (χ4n) is 3.20. The third kappa shape index (κ3) is 3.06. The molecule has 3 heterocycles. The summed E-state index contributed by atoms with van der Waals surface area (Å²) in [5.41, 5.74) is 1.88. The summed E-state index contributed by atoms with van der Waals surface area (Å²) in [5.74, 6) is 0.0972. The van der Waals surface area contributed by atoms with Crippen molar-refractivity contribution in [3.63, 3.8) is 0 Å². The molecular weight excluding hydrogens is 392 g/mol. The van der Waals surface area contributed by atoms with Crippen molar-refractivity contribution < 1.29 is 14.0 Å². The molecule has 0 N–H and O–H groups in total. The Hall–Kier alpha value is -2.77. The maximum absolute atomic E-state index is 12.7. The highest BCUT2D eigenvalue weighted by molar-refractivity contribution is 7.80. The standard InChI is InChI=1S/C21H18N2O3S2/c1-3-22-19(24)15(20(25)23(4-2)21(22)27)10-14-11-17-18(28-14)12-16(26-17)13-8-6-5-7-9-13/h5-12H,3-4H2,1-2H3. The van der Waals surface area contributed by atoms with Gasteiger partial charge in [-0.05, 0) is 38.2 Å². The Morgan fingerprint density at radius 1 is 1.04 bits per heavy atom. The van der Waals surface area contributed by atoms with Crippen LogP contribution in [-0.4, -0.2) is 39.8 Å². The van der Waals surface area contributed by atoms with Crippen LogP contribution in [0.25, 0.3) is 27.7 Å². The summed E-state index contributed by atoms with van der Waals surface area (Å²) >= 11 is 6.77. The first-order valence-electron chi connectivity index (χ1n) is 9.01. The number of carbonyl (C=O) groups is 2. The minimum absolute atomic E-state index is 0.129. The molecule has 0 saturated carbocycles. The van der Waals surface area contributed by atoms with Gasteiger partial charge in [-0.2, -0.15) is 0 Å². The maximum atomic E-state index is 12.7. The van der Waals surface area contributed by atoms with Crippen molar-refractivity contribution in [2.45, 2.75) is 13.8 Å². The van der Waals surface area contributed by atoms with Gasteiger partial charge in [-0.3, -0.25) is 19.4 Å². The lowest BCUT2D eigenvalue weighted by atomic mass is 10.1. The zero-order chi connectivity index (χ0) is 19.8. The number of hydrogen-bond donors (Lipinski definition) is 0. The SMILES string of the molecule is CCN1C(=O)C(=Cc2cc3oc(-c4ccccc4)cc3s2)C(=O)N(CC)C1=S. The van der Waals surface area contributed by atoms with Crippen LogP contribution in [0, 0.1) is 0 Å². The molecule has 0 bridgehead atoms. The van der Waals surface area contributed by atoms with E-state index in [0.29, 0.717) is 13.1 Å². The van der Waals surface area contributed by atoms with Gasteiger partial charge in [0.2, 0.25) is 0 Å². The molecule has 3 aromatic rings. The summed E-state index contributed by atoms with van der Waals surface area (Å²) in [5, 5.41) is 0.268. The molecule has 1 aromatic carbocycles. The molecule has 0 aliphatic carbocycles. The van der Waals surface area contributed by atoms with E-state index in [1.54, 1.807) is 6.08 Å². The van der Waals surface area contributed by atoms with Gasteiger partial charge in [-0.25, -0.2) is 0 Å². The zero-order valence-electron chi connectivity index (χ0n) is 15.5. The van der Waals surface area contributed by atoms with Crippen LogP contribution >= 0.6 is 23.6 Å². The molecule has 1 aliphatic heterocycles. The Balaban J connectivity index is 1.70. The Kier molecular flexibility index (Phi) is 4.87. The predicted octanol–water partition coefficient (Wildman–Crippen LogP) is 4.54. The number of amides is 2. The summed E-state index contributed by atoms with van der Waals surface area (Å²) in [6.45, 7) is 4.53. The van der Waals surface area contributed by atoms with E-state index in [0.717, 1.165) is 26.5 Å². The quantitative estimate of drug-likeness (QED) is 0.360. The van der Waals surface area contributed by atoms with Gasteiger partial charge in [0.25, 0.3) is 11.8 Å². The van der Waals surface area contributed by atoms with Crippen molar-refractivity contribution in [2.75, 3.05) is 13.1 Å². The second-order valence-electron chi connectivity index (χ2n) is 6.29. The third-order valence-corrected chi connectivity index (χ3v) is 6.07. The fourth-order valence-corrected chi connectivity index (χ4v) is 4.58. The van der Waals surface area contributed by atoms with Crippen LogP contribution in [0.3, 0.4) is 0 Å². The van der Waals surface area contributed by atoms with E-state index >= 15 is 0 Å². The number of fused-ring (bicyclic) bond motifs is 1. The van der Waals surface area contributed by atoms with E-state index in [-0.39, 0.29) is 22.5 Å². The molecule has 1 aliphatic rings. The number of carbonyl (C=O) groups excluding carboxylic acids is 2. The first-order chi connectivity index (χ1) is 13.5. The lowest BCUT2D eigenvalue weighted by Crippen LogP contribution is -2.55. The Morgan fingerprint density at radius 2 is 1.68 bits per heavy atom. The molecule has 1 saturated heterocycles. The van der Waals surface area contributed by atoms with Crippen molar-refractivity contribution >= 4 is 56.8 Å². The van der Waals surface area contributed by atoms with Crippen LogP contribution in [0.5, 0.6) is 0 Å². The summed E-state index contributed by atoms with van der Waals surface area (Å²) in [4.78, 5) is 29.2. The van der Waals surface area contributed by atoms with Gasteiger partial charge < -0.3 is 4.42 Å². The molecule has 7 heteroatoms. The molecule has 28 heavy (non-hydrogen) atoms. The second-order valence-corrected chi connectivity index (χ2v) is 7.77. The molecule has 5 nitrogen and oxygen atoms in total. The number of thiocarbonyl (C=S) groups is 1. The van der Waals surface area contributed by atoms with Crippen molar-refractivity contribution in [1.82, 2.24) is 9.80 Å². The highest BCUT2D eigenvalue weighted by atomic mass is 32.1. The molecule has 142 valence electrons. The molecule has 2 amide bonds. The number of hydrogen-bond acceptors (Lipinski definition) is 5. The smallest absolute Gasteiger partial charge is 0.265 e. The first-order valence-corrected chi connectivity index (χ1v) is 10.2. The van der Waals surface area contributed by atoms with Crippen molar-refractivity contribution in [3.8, 4) is 11.3 Å². The summed E-state index contributed by atoms with van der Waals surface area (Å²) in [6.07, 6.45) is 1.64. The van der Waals surface area contributed by atoms with Crippen LogP contribution in [0.2, 0.25) is 0 Å². The lowest BCUT2D eigenvalue weighted by molar-refractivity contribution is -0.133. The number of furan rings is 1. The summed E-state index contributed by atoms with van der Waals surface area (Å²) < 4.78 is 6.92. The second kappa shape index (κ2) is 7.33. The van der Waals surface area contributed by atoms with E-state index in [4.69, 9.17) is 16.6 Å². The Labute approximate surface area is 171 Å². The number of benzene rings is 1. The molecule has 4 rings (SSSR count). The first kappa shape index (κ1) is 18.6. The van der Waals surface area contributed by atoms with Crippen molar-refractivity contribution in [2.24, 2.45) is 0 Å². The monoisotopic (exact) mass is 410 g/mol. The molecule has 0 radical (unpaired) electrons. The largest absolute Gasteiger partial charge is 0.455 e. The van der Waals surface area contributed by atoms with Crippen LogP contribution in [-0.2, 0) is 9.59 Å². The molecule has 0 atom stereocenters. The minimum atomic E-state index is -0.350. The van der Waals surface area contributed by atoms with Gasteiger partial charge in [0.05, 0.1) is 4.70 Å². The number of likely N-dealkylation sites (N-methyl/N-ethyl adjacent to an activating group) is 2. The van der Waals surface area contributed by atoms with Crippen molar-refractivity contribution in [1.29, 1.82) is 0 Å². The lowest BCUT2D eigenvalue weighted by Gasteiger charge is -2.35. The number of rotatable bonds is 4. The fraction of sp³-hybridized carbons (Fsp3) is 0.190. The van der Waals surface area contributed by atoms with Gasteiger partial charge >= 0.3 is 0 Å². The van der Waals surface area contributed by atoms with Gasteiger partial charge in [-0.15, -0.1) is 11.3 Å².